The van der Waals surface area contributed by atoms with Gasteiger partial charge in [0.05, 0.1) is 11.6 Å². The van der Waals surface area contributed by atoms with Crippen LogP contribution in [-0.4, -0.2) is 66.0 Å². The highest BCUT2D eigenvalue weighted by Crippen LogP contribution is 2.15. The first-order valence-electron chi connectivity index (χ1n) is 5.50. The first-order chi connectivity index (χ1) is 7.68. The van der Waals surface area contributed by atoms with E-state index in [9.17, 15) is 9.59 Å². The van der Waals surface area contributed by atoms with E-state index in [1.807, 2.05) is 7.05 Å². The number of hydrogen-bond donors (Lipinski definition) is 1. The Bertz CT molecular complexity index is 292. The molecule has 2 saturated heterocycles. The van der Waals surface area contributed by atoms with Gasteiger partial charge >= 0.3 is 0 Å². The second-order valence-electron chi connectivity index (χ2n) is 4.22. The molecule has 0 radical (unpaired) electrons. The van der Waals surface area contributed by atoms with Gasteiger partial charge < -0.3 is 15.1 Å². The molecule has 2 aliphatic rings. The van der Waals surface area contributed by atoms with Crippen LogP contribution in [0.5, 0.6) is 0 Å². The van der Waals surface area contributed by atoms with Crippen molar-refractivity contribution in [3.05, 3.63) is 0 Å². The molecule has 1 unspecified atom stereocenters. The van der Waals surface area contributed by atoms with Gasteiger partial charge in [-0.15, -0.1) is 11.8 Å². The number of likely N-dealkylation sites (N-methyl/N-ethyl adjacent to an activating group) is 1. The summed E-state index contributed by atoms with van der Waals surface area (Å²) in [6.07, 6.45) is 1.00. The average Bonchev–Trinajstić information content (AvgIpc) is 2.89. The fourth-order valence-electron chi connectivity index (χ4n) is 1.99. The number of nitrogens with one attached hydrogen (secondary N) is 1. The molecule has 2 fully saturated rings. The maximum absolute atomic E-state index is 11.9. The van der Waals surface area contributed by atoms with Crippen LogP contribution >= 0.6 is 11.8 Å². The van der Waals surface area contributed by atoms with Crippen LogP contribution in [0.15, 0.2) is 0 Å². The van der Waals surface area contributed by atoms with E-state index >= 15 is 0 Å². The molecule has 1 N–H and O–H groups in total. The van der Waals surface area contributed by atoms with Crippen LogP contribution < -0.4 is 5.32 Å². The van der Waals surface area contributed by atoms with E-state index in [-0.39, 0.29) is 24.4 Å². The van der Waals surface area contributed by atoms with Crippen molar-refractivity contribution in [3.63, 3.8) is 0 Å². The van der Waals surface area contributed by atoms with Crippen molar-refractivity contribution in [2.45, 2.75) is 12.5 Å². The standard InChI is InChI=1S/C10H17N3O2S/c1-12(8-2-3-11-4-8)9(14)5-13-7-16-6-10(13)15/h8,11H,2-7H2,1H3. The van der Waals surface area contributed by atoms with E-state index in [0.717, 1.165) is 19.5 Å². The fourth-order valence-corrected chi connectivity index (χ4v) is 2.89. The zero-order valence-electron chi connectivity index (χ0n) is 9.44. The summed E-state index contributed by atoms with van der Waals surface area (Å²) in [5.74, 6) is 1.30. The molecule has 6 heteroatoms. The lowest BCUT2D eigenvalue weighted by atomic mass is 10.2. The number of thioether (sulfide) groups is 1. The van der Waals surface area contributed by atoms with Crippen LogP contribution in [0.1, 0.15) is 6.42 Å². The summed E-state index contributed by atoms with van der Waals surface area (Å²) >= 11 is 1.57. The minimum absolute atomic E-state index is 0.0459. The molecule has 0 bridgehead atoms. The van der Waals surface area contributed by atoms with E-state index in [1.54, 1.807) is 21.6 Å². The first kappa shape index (κ1) is 11.7. The monoisotopic (exact) mass is 243 g/mol. The van der Waals surface area contributed by atoms with Crippen molar-refractivity contribution in [3.8, 4) is 0 Å². The third-order valence-electron chi connectivity index (χ3n) is 3.13. The van der Waals surface area contributed by atoms with Crippen LogP contribution in [0.4, 0.5) is 0 Å². The van der Waals surface area contributed by atoms with E-state index < -0.39 is 0 Å². The van der Waals surface area contributed by atoms with Gasteiger partial charge in [-0.2, -0.15) is 0 Å². The van der Waals surface area contributed by atoms with Gasteiger partial charge in [-0.1, -0.05) is 0 Å². The predicted molar refractivity (Wildman–Crippen MR) is 63.1 cm³/mol. The molecule has 0 spiro atoms. The first-order valence-corrected chi connectivity index (χ1v) is 6.66. The van der Waals surface area contributed by atoms with Crippen LogP contribution in [0.25, 0.3) is 0 Å². The van der Waals surface area contributed by atoms with Crippen LogP contribution in [0, 0.1) is 0 Å². The second-order valence-corrected chi connectivity index (χ2v) is 5.18. The minimum Gasteiger partial charge on any atom is -0.340 e. The Hall–Kier alpha value is -0.750. The molecule has 2 amide bonds. The lowest BCUT2D eigenvalue weighted by molar-refractivity contribution is -0.138. The summed E-state index contributed by atoms with van der Waals surface area (Å²) in [5.41, 5.74) is 0. The molecule has 0 aromatic carbocycles. The van der Waals surface area contributed by atoms with E-state index in [2.05, 4.69) is 5.32 Å². The number of carbonyl (C=O) groups excluding carboxylic acids is 2. The smallest absolute Gasteiger partial charge is 0.242 e. The summed E-state index contributed by atoms with van der Waals surface area (Å²) in [6.45, 7) is 2.07. The number of nitrogens with zero attached hydrogens (tertiary/aromatic N) is 2. The highest BCUT2D eigenvalue weighted by molar-refractivity contribution is 8.00. The zero-order valence-corrected chi connectivity index (χ0v) is 10.3. The van der Waals surface area contributed by atoms with Gasteiger partial charge in [0.15, 0.2) is 0 Å². The van der Waals surface area contributed by atoms with Crippen molar-refractivity contribution in [2.75, 3.05) is 38.3 Å². The maximum atomic E-state index is 11.9. The molecule has 2 heterocycles. The SMILES string of the molecule is CN(C(=O)CN1CSCC1=O)C1CCNC1. The maximum Gasteiger partial charge on any atom is 0.242 e. The van der Waals surface area contributed by atoms with Gasteiger partial charge in [0.1, 0.15) is 6.54 Å². The lowest BCUT2D eigenvalue weighted by Crippen LogP contribution is -2.44. The number of carbonyl (C=O) groups is 2. The lowest BCUT2D eigenvalue weighted by Gasteiger charge is -2.26. The van der Waals surface area contributed by atoms with Gasteiger partial charge in [0, 0.05) is 19.6 Å². The number of amides is 2. The molecule has 90 valence electrons. The Morgan fingerprint density at radius 3 is 3.06 bits per heavy atom. The number of hydrogen-bond acceptors (Lipinski definition) is 4. The average molecular weight is 243 g/mol. The third kappa shape index (κ3) is 2.49. The summed E-state index contributed by atoms with van der Waals surface area (Å²) in [4.78, 5) is 26.7. The molecular weight excluding hydrogens is 226 g/mol. The van der Waals surface area contributed by atoms with Crippen molar-refractivity contribution < 1.29 is 9.59 Å². The largest absolute Gasteiger partial charge is 0.340 e. The van der Waals surface area contributed by atoms with Gasteiger partial charge in [0.25, 0.3) is 0 Å². The van der Waals surface area contributed by atoms with Crippen molar-refractivity contribution in [1.29, 1.82) is 0 Å². The van der Waals surface area contributed by atoms with Crippen molar-refractivity contribution in [1.82, 2.24) is 15.1 Å². The van der Waals surface area contributed by atoms with E-state index in [4.69, 9.17) is 0 Å². The van der Waals surface area contributed by atoms with Crippen LogP contribution in [0.3, 0.4) is 0 Å². The second kappa shape index (κ2) is 5.05. The molecule has 16 heavy (non-hydrogen) atoms. The molecule has 0 saturated carbocycles. The molecule has 0 aromatic rings. The topological polar surface area (TPSA) is 52.7 Å². The third-order valence-corrected chi connectivity index (χ3v) is 4.07. The quantitative estimate of drug-likeness (QED) is 0.715. The molecule has 2 aliphatic heterocycles. The van der Waals surface area contributed by atoms with Crippen molar-refractivity contribution >= 4 is 23.6 Å². The van der Waals surface area contributed by atoms with Gasteiger partial charge in [-0.25, -0.2) is 0 Å². The Labute approximate surface area is 99.5 Å². The molecule has 0 aliphatic carbocycles. The molecular formula is C10H17N3O2S. The minimum atomic E-state index is 0.0459. The van der Waals surface area contributed by atoms with Gasteiger partial charge in [0.2, 0.25) is 11.8 Å². The number of rotatable bonds is 3. The Morgan fingerprint density at radius 1 is 1.69 bits per heavy atom. The summed E-state index contributed by atoms with van der Waals surface area (Å²) in [5, 5.41) is 3.23. The van der Waals surface area contributed by atoms with Crippen LogP contribution in [0.2, 0.25) is 0 Å². The normalized spacial score (nSPS) is 25.2. The van der Waals surface area contributed by atoms with E-state index in [1.165, 1.54) is 0 Å². The highest BCUT2D eigenvalue weighted by Gasteiger charge is 2.27. The predicted octanol–water partition coefficient (Wildman–Crippen LogP) is -0.660. The van der Waals surface area contributed by atoms with E-state index in [0.29, 0.717) is 11.6 Å². The van der Waals surface area contributed by atoms with Crippen LogP contribution in [-0.2, 0) is 9.59 Å². The Kier molecular flexibility index (Phi) is 3.70. The van der Waals surface area contributed by atoms with Gasteiger partial charge in [-0.3, -0.25) is 9.59 Å². The Balaban J connectivity index is 1.84. The molecule has 1 atom stereocenters. The molecule has 2 rings (SSSR count). The fraction of sp³-hybridized carbons (Fsp3) is 0.800. The summed E-state index contributed by atoms with van der Waals surface area (Å²) in [7, 11) is 1.83. The Morgan fingerprint density at radius 2 is 2.50 bits per heavy atom. The van der Waals surface area contributed by atoms with Crippen molar-refractivity contribution in [2.24, 2.45) is 0 Å². The molecule has 5 nitrogen and oxygen atoms in total. The summed E-state index contributed by atoms with van der Waals surface area (Å²) < 4.78 is 0. The zero-order chi connectivity index (χ0) is 11.5. The van der Waals surface area contributed by atoms with Gasteiger partial charge in [-0.05, 0) is 13.0 Å². The summed E-state index contributed by atoms with van der Waals surface area (Å²) in [6, 6.07) is 0.290. The molecule has 0 aromatic heterocycles. The highest BCUT2D eigenvalue weighted by atomic mass is 32.2.